The van der Waals surface area contributed by atoms with E-state index in [0.717, 1.165) is 10.6 Å². The molecule has 0 unspecified atom stereocenters. The largest absolute Gasteiger partial charge is 0.344 e. The Hall–Kier alpha value is -3.35. The van der Waals surface area contributed by atoms with E-state index in [1.165, 1.54) is 0 Å². The number of imide groups is 1. The monoisotopic (exact) mass is 352 g/mol. The third-order valence-electron chi connectivity index (χ3n) is 4.26. The normalized spacial score (nSPS) is 19.2. The lowest BCUT2D eigenvalue weighted by Crippen LogP contribution is -2.50. The highest BCUT2D eigenvalue weighted by Gasteiger charge is 2.48. The number of carbonyl (C=O) groups excluding carboxylic acids is 3. The van der Waals surface area contributed by atoms with Crippen molar-refractivity contribution >= 4 is 23.7 Å². The molecule has 134 valence electrons. The molecule has 0 radical (unpaired) electrons. The Morgan fingerprint density at radius 1 is 1.04 bits per heavy atom. The third-order valence-corrected chi connectivity index (χ3v) is 4.26. The van der Waals surface area contributed by atoms with Crippen LogP contribution in [0.5, 0.6) is 0 Å². The predicted octanol–water partition coefficient (Wildman–Crippen LogP) is 2.67. The summed E-state index contributed by atoms with van der Waals surface area (Å²) in [5.74, 6) is -0.485. The molecular weight excluding hydrogens is 332 g/mol. The molecule has 0 aliphatic carbocycles. The average Bonchev–Trinajstić information content (AvgIpc) is 2.85. The minimum atomic E-state index is -1.06. The molecule has 2 aromatic rings. The molecule has 2 aromatic carbocycles. The molecule has 5 amide bonds. The number of hydrogen-bond acceptors (Lipinski definition) is 3. The number of para-hydroxylation sites is 1. The lowest BCUT2D eigenvalue weighted by Gasteiger charge is -2.21. The van der Waals surface area contributed by atoms with Crippen molar-refractivity contribution in [1.29, 1.82) is 0 Å². The number of nitrogens with one attached hydrogen (secondary N) is 3. The number of rotatable bonds is 5. The lowest BCUT2D eigenvalue weighted by atomic mass is 9.93. The van der Waals surface area contributed by atoms with Gasteiger partial charge in [-0.3, -0.25) is 4.79 Å². The summed E-state index contributed by atoms with van der Waals surface area (Å²) in [6, 6.07) is 17.2. The van der Waals surface area contributed by atoms with E-state index in [1.807, 2.05) is 36.4 Å². The van der Waals surface area contributed by atoms with Crippen LogP contribution in [0.4, 0.5) is 15.3 Å². The van der Waals surface area contributed by atoms with Crippen molar-refractivity contribution in [3.63, 3.8) is 0 Å². The summed E-state index contributed by atoms with van der Waals surface area (Å²) in [5.41, 5.74) is 2.87. The van der Waals surface area contributed by atoms with Crippen LogP contribution in [0.15, 0.2) is 60.7 Å². The van der Waals surface area contributed by atoms with Gasteiger partial charge in [-0.2, -0.15) is 5.01 Å². The minimum absolute atomic E-state index is 0.431. The summed E-state index contributed by atoms with van der Waals surface area (Å²) in [4.78, 5) is 36.9. The summed E-state index contributed by atoms with van der Waals surface area (Å²) in [5, 5.41) is 5.96. The van der Waals surface area contributed by atoms with Crippen LogP contribution >= 0.6 is 0 Å². The van der Waals surface area contributed by atoms with Gasteiger partial charge in [0.05, 0.1) is 0 Å². The van der Waals surface area contributed by atoms with Gasteiger partial charge in [-0.25, -0.2) is 15.0 Å². The van der Waals surface area contributed by atoms with Crippen LogP contribution in [0.2, 0.25) is 0 Å². The number of benzene rings is 2. The molecule has 1 aliphatic rings. The first-order valence-corrected chi connectivity index (χ1v) is 8.31. The maximum atomic E-state index is 12.6. The van der Waals surface area contributed by atoms with Crippen molar-refractivity contribution in [2.24, 2.45) is 0 Å². The summed E-state index contributed by atoms with van der Waals surface area (Å²) >= 11 is 0. The highest BCUT2D eigenvalue weighted by molar-refractivity contribution is 6.08. The Kier molecular flexibility index (Phi) is 4.88. The number of urea groups is 2. The second-order valence-corrected chi connectivity index (χ2v) is 6.32. The van der Waals surface area contributed by atoms with Crippen LogP contribution in [0.1, 0.15) is 18.9 Å². The highest BCUT2D eigenvalue weighted by Crippen LogP contribution is 2.22. The number of carbonyl (C=O) groups is 3. The average molecular weight is 352 g/mol. The molecule has 1 fully saturated rings. The molecule has 0 bridgehead atoms. The van der Waals surface area contributed by atoms with Gasteiger partial charge in [0.25, 0.3) is 5.91 Å². The van der Waals surface area contributed by atoms with Crippen molar-refractivity contribution in [3.8, 4) is 0 Å². The van der Waals surface area contributed by atoms with Gasteiger partial charge in [0.15, 0.2) is 0 Å². The topological polar surface area (TPSA) is 90.5 Å². The van der Waals surface area contributed by atoms with Crippen molar-refractivity contribution in [2.75, 3.05) is 5.32 Å². The van der Waals surface area contributed by atoms with Crippen LogP contribution in [0, 0.1) is 0 Å². The number of anilines is 1. The Morgan fingerprint density at radius 3 is 2.31 bits per heavy atom. The van der Waals surface area contributed by atoms with E-state index in [4.69, 9.17) is 0 Å². The first-order chi connectivity index (χ1) is 12.5. The Bertz CT molecular complexity index is 810. The molecule has 0 aromatic heterocycles. The van der Waals surface area contributed by atoms with Gasteiger partial charge in [0.1, 0.15) is 5.54 Å². The van der Waals surface area contributed by atoms with Crippen molar-refractivity contribution in [1.82, 2.24) is 15.8 Å². The number of hydrazine groups is 1. The quantitative estimate of drug-likeness (QED) is 0.723. The van der Waals surface area contributed by atoms with E-state index >= 15 is 0 Å². The van der Waals surface area contributed by atoms with Crippen molar-refractivity contribution in [2.45, 2.75) is 25.3 Å². The molecule has 1 aliphatic heterocycles. The van der Waals surface area contributed by atoms with Crippen LogP contribution < -0.4 is 16.1 Å². The zero-order valence-corrected chi connectivity index (χ0v) is 14.4. The summed E-state index contributed by atoms with van der Waals surface area (Å²) in [6.45, 7) is 1.66. The zero-order valence-electron chi connectivity index (χ0n) is 14.4. The molecule has 3 rings (SSSR count). The van der Waals surface area contributed by atoms with Crippen LogP contribution in [-0.2, 0) is 11.2 Å². The van der Waals surface area contributed by atoms with Crippen LogP contribution in [-0.4, -0.2) is 28.5 Å². The summed E-state index contributed by atoms with van der Waals surface area (Å²) in [6.07, 6.45) is 1.06. The van der Waals surface area contributed by atoms with Crippen molar-refractivity contribution in [3.05, 3.63) is 66.2 Å². The van der Waals surface area contributed by atoms with Gasteiger partial charge in [-0.15, -0.1) is 0 Å². The molecule has 0 saturated carbocycles. The number of amides is 5. The Morgan fingerprint density at radius 2 is 1.65 bits per heavy atom. The second-order valence-electron chi connectivity index (χ2n) is 6.32. The molecule has 26 heavy (non-hydrogen) atoms. The van der Waals surface area contributed by atoms with E-state index in [9.17, 15) is 14.4 Å². The SMILES string of the molecule is C[C@@]1(CCc2ccccc2)NC(=O)N(NC(=O)Nc2ccccc2)C1=O. The molecule has 3 N–H and O–H groups in total. The fourth-order valence-electron chi connectivity index (χ4n) is 2.78. The van der Waals surface area contributed by atoms with E-state index in [2.05, 4.69) is 16.1 Å². The molecule has 1 atom stereocenters. The van der Waals surface area contributed by atoms with Crippen LogP contribution in [0.25, 0.3) is 0 Å². The first kappa shape index (κ1) is 17.5. The lowest BCUT2D eigenvalue weighted by molar-refractivity contribution is -0.132. The fraction of sp³-hybridized carbons (Fsp3) is 0.211. The van der Waals surface area contributed by atoms with E-state index in [0.29, 0.717) is 18.5 Å². The number of aryl methyl sites for hydroxylation is 1. The minimum Gasteiger partial charge on any atom is -0.322 e. The predicted molar refractivity (Wildman–Crippen MR) is 97.1 cm³/mol. The molecule has 1 saturated heterocycles. The Balaban J connectivity index is 1.61. The molecule has 7 nitrogen and oxygen atoms in total. The standard InChI is InChI=1S/C19H20N4O3/c1-19(13-12-14-8-4-2-5-9-14)16(24)23(18(26)21-19)22-17(25)20-15-10-6-3-7-11-15/h2-11H,12-13H2,1H3,(H,21,26)(H2,20,22,25)/t19-/m0/s1. The highest BCUT2D eigenvalue weighted by atomic mass is 16.2. The summed E-state index contributed by atoms with van der Waals surface area (Å²) in [7, 11) is 0. The van der Waals surface area contributed by atoms with Gasteiger partial charge in [-0.05, 0) is 37.5 Å². The number of nitrogens with zero attached hydrogens (tertiary/aromatic N) is 1. The smallest absolute Gasteiger partial charge is 0.322 e. The van der Waals surface area contributed by atoms with Gasteiger partial charge >= 0.3 is 12.1 Å². The molecule has 0 spiro atoms. The van der Waals surface area contributed by atoms with E-state index in [1.54, 1.807) is 31.2 Å². The van der Waals surface area contributed by atoms with Gasteiger partial charge in [-0.1, -0.05) is 48.5 Å². The fourth-order valence-corrected chi connectivity index (χ4v) is 2.78. The number of hydrogen-bond donors (Lipinski definition) is 3. The summed E-state index contributed by atoms with van der Waals surface area (Å²) < 4.78 is 0. The van der Waals surface area contributed by atoms with Gasteiger partial charge < -0.3 is 10.6 Å². The first-order valence-electron chi connectivity index (χ1n) is 8.31. The van der Waals surface area contributed by atoms with Crippen LogP contribution in [0.3, 0.4) is 0 Å². The molecular formula is C19H20N4O3. The maximum Gasteiger partial charge on any atom is 0.344 e. The third kappa shape index (κ3) is 3.83. The van der Waals surface area contributed by atoms with Gasteiger partial charge in [0, 0.05) is 5.69 Å². The molecule has 7 heteroatoms. The van der Waals surface area contributed by atoms with Gasteiger partial charge in [0.2, 0.25) is 0 Å². The zero-order chi connectivity index (χ0) is 18.6. The van der Waals surface area contributed by atoms with Crippen molar-refractivity contribution < 1.29 is 14.4 Å². The second kappa shape index (κ2) is 7.26. The maximum absolute atomic E-state index is 12.6. The Labute approximate surface area is 151 Å². The van der Waals surface area contributed by atoms with E-state index in [-0.39, 0.29) is 0 Å². The van der Waals surface area contributed by atoms with E-state index < -0.39 is 23.5 Å². The molecule has 1 heterocycles.